The predicted molar refractivity (Wildman–Crippen MR) is 137 cm³/mol. The largest absolute Gasteiger partial charge is 0.508 e. The molecule has 3 aromatic rings. The number of aromatic hydroxyl groups is 1. The number of aromatic nitrogens is 2. The van der Waals surface area contributed by atoms with Crippen molar-refractivity contribution in [1.82, 2.24) is 14.9 Å². The van der Waals surface area contributed by atoms with Gasteiger partial charge in [-0.2, -0.15) is 4.98 Å². The number of rotatable bonds is 10. The number of hydrogen-bond donors (Lipinski definition) is 3. The van der Waals surface area contributed by atoms with Gasteiger partial charge in [-0.3, -0.25) is 4.79 Å². The fourth-order valence-corrected chi connectivity index (χ4v) is 3.88. The first-order valence-corrected chi connectivity index (χ1v) is 11.4. The standard InChI is InChI=1S/C25H30ClN5O4/c1-14-13-16(7-10-19(14)35-12-6-11-31(3)4)28-25-29-22(21(23(27)33)24(30-25)34-5)20-15(2)18(32)9-8-17(20)26/h7-10,13,32H,6,11-12H2,1-5H3,(H2,27,33)(H,28,29,30). The highest BCUT2D eigenvalue weighted by atomic mass is 35.5. The number of aryl methyl sites for hydroxylation is 1. The van der Waals surface area contributed by atoms with Gasteiger partial charge in [0.05, 0.1) is 24.4 Å². The summed E-state index contributed by atoms with van der Waals surface area (Å²) in [6.07, 6.45) is 0.923. The van der Waals surface area contributed by atoms with E-state index < -0.39 is 5.91 Å². The van der Waals surface area contributed by atoms with Crippen LogP contribution in [-0.2, 0) is 0 Å². The molecule has 0 atom stereocenters. The number of amides is 1. The number of nitrogens with two attached hydrogens (primary N) is 1. The zero-order valence-electron chi connectivity index (χ0n) is 20.5. The lowest BCUT2D eigenvalue weighted by Gasteiger charge is -2.17. The molecule has 1 amide bonds. The van der Waals surface area contributed by atoms with Gasteiger partial charge in [0.15, 0.2) is 0 Å². The Bertz CT molecular complexity index is 1230. The van der Waals surface area contributed by atoms with Gasteiger partial charge < -0.3 is 30.5 Å². The van der Waals surface area contributed by atoms with Gasteiger partial charge in [0.2, 0.25) is 11.8 Å². The second kappa shape index (κ2) is 11.2. The van der Waals surface area contributed by atoms with E-state index in [1.807, 2.05) is 39.2 Å². The molecule has 0 spiro atoms. The van der Waals surface area contributed by atoms with Crippen LogP contribution >= 0.6 is 11.6 Å². The normalized spacial score (nSPS) is 10.9. The van der Waals surface area contributed by atoms with E-state index in [4.69, 9.17) is 26.8 Å². The zero-order valence-corrected chi connectivity index (χ0v) is 21.2. The SMILES string of the molecule is COc1nc(Nc2ccc(OCCCN(C)C)c(C)c2)nc(-c2c(Cl)ccc(O)c2C)c1C(N)=O. The van der Waals surface area contributed by atoms with Gasteiger partial charge in [0.25, 0.3) is 5.91 Å². The number of primary amides is 1. The van der Waals surface area contributed by atoms with Crippen molar-refractivity contribution in [3.8, 4) is 28.6 Å². The number of phenols is 1. The molecule has 2 aromatic carbocycles. The number of nitrogens with zero attached hydrogens (tertiary/aromatic N) is 3. The minimum absolute atomic E-state index is 0.00343. The Kier molecular flexibility index (Phi) is 8.37. The maximum atomic E-state index is 12.3. The smallest absolute Gasteiger partial charge is 0.256 e. The molecule has 35 heavy (non-hydrogen) atoms. The first-order valence-electron chi connectivity index (χ1n) is 11.0. The lowest BCUT2D eigenvalue weighted by Crippen LogP contribution is -2.17. The molecule has 0 bridgehead atoms. The Morgan fingerprint density at radius 1 is 1.20 bits per heavy atom. The van der Waals surface area contributed by atoms with E-state index in [9.17, 15) is 9.90 Å². The van der Waals surface area contributed by atoms with Gasteiger partial charge in [0.1, 0.15) is 17.1 Å². The third-order valence-electron chi connectivity index (χ3n) is 5.38. The van der Waals surface area contributed by atoms with Crippen LogP contribution in [0.3, 0.4) is 0 Å². The van der Waals surface area contributed by atoms with Gasteiger partial charge in [-0.25, -0.2) is 4.98 Å². The van der Waals surface area contributed by atoms with Crippen molar-refractivity contribution < 1.29 is 19.4 Å². The van der Waals surface area contributed by atoms with Crippen molar-refractivity contribution in [3.63, 3.8) is 0 Å². The topological polar surface area (TPSA) is 123 Å². The van der Waals surface area contributed by atoms with Crippen molar-refractivity contribution in [3.05, 3.63) is 52.0 Å². The average molecular weight is 500 g/mol. The highest BCUT2D eigenvalue weighted by molar-refractivity contribution is 6.33. The number of ether oxygens (including phenoxy) is 2. The van der Waals surface area contributed by atoms with Gasteiger partial charge in [0, 0.05) is 23.4 Å². The van der Waals surface area contributed by atoms with Crippen LogP contribution in [0, 0.1) is 13.8 Å². The van der Waals surface area contributed by atoms with Crippen LogP contribution in [0.1, 0.15) is 27.9 Å². The Hall–Kier alpha value is -3.56. The monoisotopic (exact) mass is 499 g/mol. The van der Waals surface area contributed by atoms with E-state index in [1.54, 1.807) is 6.92 Å². The van der Waals surface area contributed by atoms with Crippen LogP contribution in [0.2, 0.25) is 5.02 Å². The van der Waals surface area contributed by atoms with Gasteiger partial charge in [-0.1, -0.05) is 11.6 Å². The minimum atomic E-state index is -0.783. The molecule has 3 rings (SSSR count). The quantitative estimate of drug-likeness (QED) is 0.353. The summed E-state index contributed by atoms with van der Waals surface area (Å²) >= 11 is 6.43. The lowest BCUT2D eigenvalue weighted by molar-refractivity contribution is 0.0997. The van der Waals surface area contributed by atoms with Crippen LogP contribution < -0.4 is 20.5 Å². The van der Waals surface area contributed by atoms with Gasteiger partial charge in [-0.05, 0) is 70.3 Å². The van der Waals surface area contributed by atoms with E-state index in [2.05, 4.69) is 20.2 Å². The van der Waals surface area contributed by atoms with E-state index in [-0.39, 0.29) is 28.8 Å². The van der Waals surface area contributed by atoms with Crippen molar-refractivity contribution >= 4 is 29.1 Å². The average Bonchev–Trinajstić information content (AvgIpc) is 2.80. The maximum absolute atomic E-state index is 12.3. The Morgan fingerprint density at radius 3 is 2.57 bits per heavy atom. The molecule has 1 heterocycles. The molecule has 0 saturated heterocycles. The predicted octanol–water partition coefficient (Wildman–Crippen LogP) is 4.30. The molecule has 0 aliphatic carbocycles. The highest BCUT2D eigenvalue weighted by Gasteiger charge is 2.25. The molecule has 0 saturated carbocycles. The first-order chi connectivity index (χ1) is 16.6. The number of hydrogen-bond acceptors (Lipinski definition) is 8. The molecule has 0 fully saturated rings. The molecule has 0 aliphatic heterocycles. The number of nitrogens with one attached hydrogen (secondary N) is 1. The number of anilines is 2. The summed E-state index contributed by atoms with van der Waals surface area (Å²) < 4.78 is 11.2. The summed E-state index contributed by atoms with van der Waals surface area (Å²) in [7, 11) is 5.44. The molecule has 9 nitrogen and oxygen atoms in total. The van der Waals surface area contributed by atoms with E-state index >= 15 is 0 Å². The number of halogens is 1. The molecule has 10 heteroatoms. The Labute approximate surface area is 209 Å². The zero-order chi connectivity index (χ0) is 25.7. The van der Waals surface area contributed by atoms with E-state index in [0.717, 1.165) is 24.3 Å². The van der Waals surface area contributed by atoms with Crippen molar-refractivity contribution in [2.24, 2.45) is 5.73 Å². The summed E-state index contributed by atoms with van der Waals surface area (Å²) in [4.78, 5) is 23.3. The summed E-state index contributed by atoms with van der Waals surface area (Å²) in [5.41, 5.74) is 8.20. The molecule has 186 valence electrons. The molecule has 1 aromatic heterocycles. The number of carbonyl (C=O) groups excluding carboxylic acids is 1. The summed E-state index contributed by atoms with van der Waals surface area (Å²) in [6.45, 7) is 5.19. The lowest BCUT2D eigenvalue weighted by atomic mass is 10.0. The fraction of sp³-hybridized carbons (Fsp3) is 0.320. The summed E-state index contributed by atoms with van der Waals surface area (Å²) in [6, 6.07) is 8.62. The van der Waals surface area contributed by atoms with Crippen molar-refractivity contribution in [2.45, 2.75) is 20.3 Å². The first kappa shape index (κ1) is 26.1. The Morgan fingerprint density at radius 2 is 1.94 bits per heavy atom. The van der Waals surface area contributed by atoms with Gasteiger partial charge >= 0.3 is 0 Å². The van der Waals surface area contributed by atoms with Crippen LogP contribution in [0.5, 0.6) is 17.4 Å². The second-order valence-electron chi connectivity index (χ2n) is 8.32. The molecular weight excluding hydrogens is 470 g/mol. The van der Waals surface area contributed by atoms with E-state index in [1.165, 1.54) is 19.2 Å². The molecule has 0 unspecified atom stereocenters. The minimum Gasteiger partial charge on any atom is -0.508 e. The van der Waals surface area contributed by atoms with E-state index in [0.29, 0.717) is 28.4 Å². The third kappa shape index (κ3) is 6.12. The van der Waals surface area contributed by atoms with Crippen LogP contribution in [0.25, 0.3) is 11.3 Å². The van der Waals surface area contributed by atoms with Crippen molar-refractivity contribution in [2.75, 3.05) is 39.7 Å². The van der Waals surface area contributed by atoms with Crippen LogP contribution in [0.4, 0.5) is 11.6 Å². The van der Waals surface area contributed by atoms with Crippen molar-refractivity contribution in [1.29, 1.82) is 0 Å². The molecule has 0 aliphatic rings. The van der Waals surface area contributed by atoms with Crippen LogP contribution in [-0.4, -0.2) is 60.2 Å². The Balaban J connectivity index is 1.97. The number of methoxy groups -OCH3 is 1. The van der Waals surface area contributed by atoms with Crippen LogP contribution in [0.15, 0.2) is 30.3 Å². The number of carbonyl (C=O) groups is 1. The highest BCUT2D eigenvalue weighted by Crippen LogP contribution is 2.39. The maximum Gasteiger partial charge on any atom is 0.256 e. The fourth-order valence-electron chi connectivity index (χ4n) is 3.59. The third-order valence-corrected chi connectivity index (χ3v) is 5.69. The summed E-state index contributed by atoms with van der Waals surface area (Å²) in [5.74, 6) is 0.165. The molecular formula is C25H30ClN5O4. The number of benzene rings is 2. The summed E-state index contributed by atoms with van der Waals surface area (Å²) in [5, 5.41) is 13.7. The number of phenolic OH excluding ortho intramolecular Hbond substituents is 1. The molecule has 4 N–H and O–H groups in total. The molecule has 0 radical (unpaired) electrons. The second-order valence-corrected chi connectivity index (χ2v) is 8.73. The van der Waals surface area contributed by atoms with Gasteiger partial charge in [-0.15, -0.1) is 0 Å².